The summed E-state index contributed by atoms with van der Waals surface area (Å²) in [5, 5.41) is 3.51. The standard InChI is InChI=1S/C16H22N4O2S/c1-15(2)8-13-9-16(3,10-15)11-20(13)23(21,22)14-6-4-5-12(7-14)18-19-17/h4-7,13H,8-11H2,1-3H3. The molecule has 1 aromatic rings. The van der Waals surface area contributed by atoms with Gasteiger partial charge < -0.3 is 0 Å². The Kier molecular flexibility index (Phi) is 3.71. The number of hydrogen-bond donors (Lipinski definition) is 0. The van der Waals surface area contributed by atoms with E-state index in [4.69, 9.17) is 5.53 Å². The van der Waals surface area contributed by atoms with Gasteiger partial charge >= 0.3 is 0 Å². The lowest BCUT2D eigenvalue weighted by molar-refractivity contribution is 0.133. The van der Waals surface area contributed by atoms with Gasteiger partial charge in [-0.2, -0.15) is 4.31 Å². The molecule has 1 heterocycles. The van der Waals surface area contributed by atoms with E-state index in [9.17, 15) is 8.42 Å². The summed E-state index contributed by atoms with van der Waals surface area (Å²) in [5.41, 5.74) is 9.06. The molecule has 1 aromatic carbocycles. The lowest BCUT2D eigenvalue weighted by Crippen LogP contribution is -2.37. The predicted molar refractivity (Wildman–Crippen MR) is 88.7 cm³/mol. The zero-order valence-corrected chi connectivity index (χ0v) is 14.5. The fourth-order valence-corrected chi connectivity index (χ4v) is 6.40. The van der Waals surface area contributed by atoms with Crippen LogP contribution in [0.25, 0.3) is 10.4 Å². The topological polar surface area (TPSA) is 86.1 Å². The summed E-state index contributed by atoms with van der Waals surface area (Å²) in [6.07, 6.45) is 2.85. The first-order valence-corrected chi connectivity index (χ1v) is 9.26. The van der Waals surface area contributed by atoms with Crippen LogP contribution < -0.4 is 0 Å². The maximum absolute atomic E-state index is 13.1. The Hall–Kier alpha value is -1.56. The van der Waals surface area contributed by atoms with E-state index in [0.717, 1.165) is 19.3 Å². The summed E-state index contributed by atoms with van der Waals surface area (Å²) in [7, 11) is -3.57. The molecule has 2 bridgehead atoms. The maximum atomic E-state index is 13.1. The number of nitrogens with zero attached hydrogens (tertiary/aromatic N) is 4. The molecule has 2 unspecified atom stereocenters. The highest BCUT2D eigenvalue weighted by atomic mass is 32.2. The quantitative estimate of drug-likeness (QED) is 0.471. The summed E-state index contributed by atoms with van der Waals surface area (Å²) in [4.78, 5) is 2.93. The minimum absolute atomic E-state index is 0.0436. The second kappa shape index (κ2) is 5.23. The molecule has 7 heteroatoms. The third-order valence-electron chi connectivity index (χ3n) is 4.95. The molecule has 0 radical (unpaired) electrons. The van der Waals surface area contributed by atoms with Crippen LogP contribution >= 0.6 is 0 Å². The van der Waals surface area contributed by atoms with Gasteiger partial charge in [0.15, 0.2) is 0 Å². The molecule has 6 nitrogen and oxygen atoms in total. The summed E-state index contributed by atoms with van der Waals surface area (Å²) in [6.45, 7) is 7.19. The van der Waals surface area contributed by atoms with Crippen molar-refractivity contribution in [2.75, 3.05) is 6.54 Å². The zero-order chi connectivity index (χ0) is 16.9. The van der Waals surface area contributed by atoms with Crippen molar-refractivity contribution in [1.82, 2.24) is 4.31 Å². The molecule has 3 rings (SSSR count). The van der Waals surface area contributed by atoms with Crippen LogP contribution in [0.4, 0.5) is 5.69 Å². The molecule has 1 saturated carbocycles. The molecule has 23 heavy (non-hydrogen) atoms. The number of rotatable bonds is 3. The van der Waals surface area contributed by atoms with Gasteiger partial charge in [0.25, 0.3) is 0 Å². The molecule has 0 amide bonds. The first-order chi connectivity index (χ1) is 10.7. The van der Waals surface area contributed by atoms with Crippen LogP contribution in [0.5, 0.6) is 0 Å². The Morgan fingerprint density at radius 1 is 1.30 bits per heavy atom. The van der Waals surface area contributed by atoms with Crippen LogP contribution in [0.2, 0.25) is 0 Å². The first-order valence-electron chi connectivity index (χ1n) is 7.82. The van der Waals surface area contributed by atoms with E-state index in [1.165, 1.54) is 6.07 Å². The van der Waals surface area contributed by atoms with Crippen LogP contribution in [-0.4, -0.2) is 25.3 Å². The average molecular weight is 334 g/mol. The molecule has 0 aromatic heterocycles. The SMILES string of the molecule is CC1(C)CC2CC(C)(CN2S(=O)(=O)c2cccc(N=[N+]=[N-])c2)C1. The zero-order valence-electron chi connectivity index (χ0n) is 13.7. The second-order valence-electron chi connectivity index (χ2n) is 7.95. The summed E-state index contributed by atoms with van der Waals surface area (Å²) in [6, 6.07) is 6.29. The predicted octanol–water partition coefficient (Wildman–Crippen LogP) is 4.22. The largest absolute Gasteiger partial charge is 0.243 e. The van der Waals surface area contributed by atoms with E-state index < -0.39 is 10.0 Å². The minimum atomic E-state index is -3.57. The van der Waals surface area contributed by atoms with Crippen molar-refractivity contribution >= 4 is 15.7 Å². The molecule has 1 saturated heterocycles. The van der Waals surface area contributed by atoms with Crippen molar-refractivity contribution < 1.29 is 8.42 Å². The highest BCUT2D eigenvalue weighted by Crippen LogP contribution is 2.53. The molecular weight excluding hydrogens is 312 g/mol. The molecular formula is C16H22N4O2S. The lowest BCUT2D eigenvalue weighted by atomic mass is 9.65. The van der Waals surface area contributed by atoms with E-state index in [-0.39, 0.29) is 21.8 Å². The molecule has 0 N–H and O–H groups in total. The van der Waals surface area contributed by atoms with Crippen molar-refractivity contribution in [3.63, 3.8) is 0 Å². The van der Waals surface area contributed by atoms with Gasteiger partial charge in [0.1, 0.15) is 0 Å². The van der Waals surface area contributed by atoms with Crippen LogP contribution in [0, 0.1) is 10.8 Å². The van der Waals surface area contributed by atoms with Gasteiger partial charge in [-0.05, 0) is 47.8 Å². The molecule has 124 valence electrons. The fraction of sp³-hybridized carbons (Fsp3) is 0.625. The third kappa shape index (κ3) is 2.96. The summed E-state index contributed by atoms with van der Waals surface area (Å²) in [5.74, 6) is 0. The Morgan fingerprint density at radius 3 is 2.74 bits per heavy atom. The summed E-state index contributed by atoms with van der Waals surface area (Å²) >= 11 is 0. The number of benzene rings is 1. The minimum Gasteiger partial charge on any atom is -0.207 e. The Morgan fingerprint density at radius 2 is 2.04 bits per heavy atom. The van der Waals surface area contributed by atoms with Gasteiger partial charge in [-0.3, -0.25) is 0 Å². The van der Waals surface area contributed by atoms with E-state index in [0.29, 0.717) is 12.2 Å². The molecule has 2 atom stereocenters. The van der Waals surface area contributed by atoms with E-state index in [1.54, 1.807) is 22.5 Å². The smallest absolute Gasteiger partial charge is 0.207 e. The van der Waals surface area contributed by atoms with Gasteiger partial charge in [-0.25, -0.2) is 8.42 Å². The van der Waals surface area contributed by atoms with E-state index >= 15 is 0 Å². The maximum Gasteiger partial charge on any atom is 0.243 e. The van der Waals surface area contributed by atoms with Gasteiger partial charge in [0.2, 0.25) is 10.0 Å². The number of sulfonamides is 1. The van der Waals surface area contributed by atoms with Crippen LogP contribution in [-0.2, 0) is 10.0 Å². The van der Waals surface area contributed by atoms with E-state index in [1.807, 2.05) is 0 Å². The monoisotopic (exact) mass is 334 g/mol. The van der Waals surface area contributed by atoms with Gasteiger partial charge in [-0.15, -0.1) is 0 Å². The highest BCUT2D eigenvalue weighted by Gasteiger charge is 2.53. The Labute approximate surface area is 137 Å². The summed E-state index contributed by atoms with van der Waals surface area (Å²) < 4.78 is 27.8. The molecule has 2 aliphatic rings. The molecule has 1 aliphatic carbocycles. The lowest BCUT2D eigenvalue weighted by Gasteiger charge is -2.39. The first kappa shape index (κ1) is 16.3. The molecule has 0 spiro atoms. The van der Waals surface area contributed by atoms with Crippen molar-refractivity contribution in [2.24, 2.45) is 15.9 Å². The van der Waals surface area contributed by atoms with Crippen LogP contribution in [0.3, 0.4) is 0 Å². The van der Waals surface area contributed by atoms with Gasteiger partial charge in [-0.1, -0.05) is 38.0 Å². The van der Waals surface area contributed by atoms with Gasteiger partial charge in [0, 0.05) is 23.2 Å². The van der Waals surface area contributed by atoms with Crippen LogP contribution in [0.1, 0.15) is 40.0 Å². The fourth-order valence-electron chi connectivity index (χ4n) is 4.58. The van der Waals surface area contributed by atoms with Crippen LogP contribution in [0.15, 0.2) is 34.3 Å². The number of fused-ring (bicyclic) bond motifs is 2. The van der Waals surface area contributed by atoms with E-state index in [2.05, 4.69) is 30.8 Å². The normalized spacial score (nSPS) is 30.0. The molecule has 2 fully saturated rings. The second-order valence-corrected chi connectivity index (χ2v) is 9.84. The molecule has 1 aliphatic heterocycles. The third-order valence-corrected chi connectivity index (χ3v) is 6.85. The Bertz CT molecular complexity index is 783. The number of azide groups is 1. The number of hydrogen-bond acceptors (Lipinski definition) is 3. The van der Waals surface area contributed by atoms with Gasteiger partial charge in [0.05, 0.1) is 4.90 Å². The average Bonchev–Trinajstić information content (AvgIpc) is 2.69. The highest BCUT2D eigenvalue weighted by molar-refractivity contribution is 7.89. The van der Waals surface area contributed by atoms with Crippen molar-refractivity contribution in [2.45, 2.75) is 51.0 Å². The van der Waals surface area contributed by atoms with Crippen molar-refractivity contribution in [3.8, 4) is 0 Å². The van der Waals surface area contributed by atoms with Crippen molar-refractivity contribution in [3.05, 3.63) is 34.7 Å². The Balaban J connectivity index is 1.98. The van der Waals surface area contributed by atoms with Crippen molar-refractivity contribution in [1.29, 1.82) is 0 Å².